The first kappa shape index (κ1) is 12.0. The lowest BCUT2D eigenvalue weighted by atomic mass is 10.1. The zero-order valence-corrected chi connectivity index (χ0v) is 10.1. The van der Waals surface area contributed by atoms with Crippen molar-refractivity contribution in [3.63, 3.8) is 0 Å². The third kappa shape index (κ3) is 3.25. The maximum Gasteiger partial charge on any atom is 0.0235 e. The van der Waals surface area contributed by atoms with Crippen LogP contribution in [0.1, 0.15) is 46.5 Å². The lowest BCUT2D eigenvalue weighted by Gasteiger charge is -2.33. The van der Waals surface area contributed by atoms with Gasteiger partial charge in [0.05, 0.1) is 0 Å². The van der Waals surface area contributed by atoms with Crippen LogP contribution in [0.5, 0.6) is 0 Å². The van der Waals surface area contributed by atoms with Gasteiger partial charge in [0.1, 0.15) is 0 Å². The Balaban J connectivity index is 2.42. The maximum atomic E-state index is 3.47. The van der Waals surface area contributed by atoms with E-state index in [0.29, 0.717) is 0 Å². The highest BCUT2D eigenvalue weighted by Crippen LogP contribution is 2.15. The summed E-state index contributed by atoms with van der Waals surface area (Å²) < 4.78 is 0. The van der Waals surface area contributed by atoms with E-state index in [0.717, 1.165) is 12.1 Å². The first-order valence-electron chi connectivity index (χ1n) is 6.26. The molecule has 2 atom stereocenters. The van der Waals surface area contributed by atoms with Crippen LogP contribution < -0.4 is 5.32 Å². The van der Waals surface area contributed by atoms with E-state index in [4.69, 9.17) is 0 Å². The quantitative estimate of drug-likeness (QED) is 0.704. The van der Waals surface area contributed by atoms with Gasteiger partial charge >= 0.3 is 0 Å². The van der Waals surface area contributed by atoms with Crippen LogP contribution in [0.15, 0.2) is 0 Å². The number of unbranched alkanes of at least 4 members (excludes halogenated alkanes) is 1. The van der Waals surface area contributed by atoms with Gasteiger partial charge in [-0.25, -0.2) is 0 Å². The minimum Gasteiger partial charge on any atom is -0.315 e. The lowest BCUT2D eigenvalue weighted by Crippen LogP contribution is -2.43. The van der Waals surface area contributed by atoms with Crippen LogP contribution in [-0.4, -0.2) is 36.6 Å². The fraction of sp³-hybridized carbons (Fsp3) is 1.00. The molecule has 2 unspecified atom stereocenters. The Bertz CT molecular complexity index is 141. The smallest absolute Gasteiger partial charge is 0.0235 e. The first-order chi connectivity index (χ1) is 6.79. The lowest BCUT2D eigenvalue weighted by molar-refractivity contribution is 0.147. The predicted molar refractivity (Wildman–Crippen MR) is 62.6 cm³/mol. The van der Waals surface area contributed by atoms with Crippen LogP contribution in [0, 0.1) is 0 Å². The van der Waals surface area contributed by atoms with E-state index in [-0.39, 0.29) is 0 Å². The van der Waals surface area contributed by atoms with Crippen LogP contribution in [0.2, 0.25) is 0 Å². The topological polar surface area (TPSA) is 15.3 Å². The molecule has 1 aliphatic heterocycles. The second-order valence-corrected chi connectivity index (χ2v) is 4.50. The van der Waals surface area contributed by atoms with E-state index in [1.807, 2.05) is 0 Å². The van der Waals surface area contributed by atoms with Crippen molar-refractivity contribution >= 4 is 0 Å². The number of hydrogen-bond donors (Lipinski definition) is 1. The molecule has 0 amide bonds. The van der Waals surface area contributed by atoms with Gasteiger partial charge < -0.3 is 5.32 Å². The summed E-state index contributed by atoms with van der Waals surface area (Å²) in [5.41, 5.74) is 0. The highest BCUT2D eigenvalue weighted by molar-refractivity contribution is 4.83. The molecule has 0 aliphatic carbocycles. The zero-order valence-electron chi connectivity index (χ0n) is 10.1. The summed E-state index contributed by atoms with van der Waals surface area (Å²) in [4.78, 5) is 2.71. The van der Waals surface area contributed by atoms with Crippen molar-refractivity contribution in [1.82, 2.24) is 10.2 Å². The van der Waals surface area contributed by atoms with Gasteiger partial charge in [-0.15, -0.1) is 0 Å². The Morgan fingerprint density at radius 3 is 2.71 bits per heavy atom. The molecule has 1 heterocycles. The zero-order chi connectivity index (χ0) is 10.4. The molecule has 2 nitrogen and oxygen atoms in total. The van der Waals surface area contributed by atoms with Gasteiger partial charge in [0.25, 0.3) is 0 Å². The van der Waals surface area contributed by atoms with E-state index in [1.165, 1.54) is 45.3 Å². The molecule has 14 heavy (non-hydrogen) atoms. The standard InChI is InChI=1S/C12H26N2/c1-4-6-9-14(11(3)5-2)12-7-8-13-10-12/h11-13H,4-10H2,1-3H3. The third-order valence-electron chi connectivity index (χ3n) is 3.43. The van der Waals surface area contributed by atoms with Gasteiger partial charge in [0.2, 0.25) is 0 Å². The van der Waals surface area contributed by atoms with Gasteiger partial charge in [-0.05, 0) is 39.3 Å². The van der Waals surface area contributed by atoms with Crippen LogP contribution in [-0.2, 0) is 0 Å². The van der Waals surface area contributed by atoms with Crippen LogP contribution in [0.3, 0.4) is 0 Å². The molecule has 1 N–H and O–H groups in total. The van der Waals surface area contributed by atoms with Crippen molar-refractivity contribution in [1.29, 1.82) is 0 Å². The number of rotatable bonds is 6. The van der Waals surface area contributed by atoms with E-state index in [9.17, 15) is 0 Å². The fourth-order valence-corrected chi connectivity index (χ4v) is 2.26. The minimum absolute atomic E-state index is 0.756. The fourth-order valence-electron chi connectivity index (χ4n) is 2.26. The molecule has 0 saturated carbocycles. The van der Waals surface area contributed by atoms with E-state index in [1.54, 1.807) is 0 Å². The summed E-state index contributed by atoms with van der Waals surface area (Å²) in [5, 5.41) is 3.47. The summed E-state index contributed by atoms with van der Waals surface area (Å²) in [6, 6.07) is 1.56. The largest absolute Gasteiger partial charge is 0.315 e. The molecule has 0 aromatic rings. The Kier molecular flexibility index (Phi) is 5.49. The second kappa shape index (κ2) is 6.41. The molecule has 1 fully saturated rings. The average Bonchev–Trinajstić information content (AvgIpc) is 2.71. The summed E-state index contributed by atoms with van der Waals surface area (Å²) in [6.07, 6.45) is 5.28. The molecule has 0 radical (unpaired) electrons. The normalized spacial score (nSPS) is 24.4. The SMILES string of the molecule is CCCCN(C(C)CC)C1CCNC1. The summed E-state index contributed by atoms with van der Waals surface area (Å²) >= 11 is 0. The van der Waals surface area contributed by atoms with E-state index >= 15 is 0 Å². The van der Waals surface area contributed by atoms with Gasteiger partial charge in [-0.1, -0.05) is 20.3 Å². The summed E-state index contributed by atoms with van der Waals surface area (Å²) in [7, 11) is 0. The highest BCUT2D eigenvalue weighted by atomic mass is 15.2. The summed E-state index contributed by atoms with van der Waals surface area (Å²) in [6.45, 7) is 10.7. The minimum atomic E-state index is 0.756. The average molecular weight is 198 g/mol. The number of nitrogens with one attached hydrogen (secondary N) is 1. The van der Waals surface area contributed by atoms with Crippen LogP contribution in [0.25, 0.3) is 0 Å². The Labute approximate surface area is 89.1 Å². The third-order valence-corrected chi connectivity index (χ3v) is 3.43. The van der Waals surface area contributed by atoms with Crippen LogP contribution in [0.4, 0.5) is 0 Å². The van der Waals surface area contributed by atoms with Crippen molar-refractivity contribution in [2.45, 2.75) is 58.5 Å². The Morgan fingerprint density at radius 2 is 2.21 bits per heavy atom. The highest BCUT2D eigenvalue weighted by Gasteiger charge is 2.24. The number of nitrogens with zero attached hydrogens (tertiary/aromatic N) is 1. The molecule has 2 heteroatoms. The molecule has 84 valence electrons. The molecular weight excluding hydrogens is 172 g/mol. The van der Waals surface area contributed by atoms with Gasteiger partial charge in [0.15, 0.2) is 0 Å². The molecule has 1 saturated heterocycles. The van der Waals surface area contributed by atoms with E-state index in [2.05, 4.69) is 31.0 Å². The van der Waals surface area contributed by atoms with Crippen molar-refractivity contribution < 1.29 is 0 Å². The molecule has 0 spiro atoms. The molecule has 1 rings (SSSR count). The first-order valence-corrected chi connectivity index (χ1v) is 6.26. The van der Waals surface area contributed by atoms with Crippen LogP contribution >= 0.6 is 0 Å². The molecule has 1 aliphatic rings. The van der Waals surface area contributed by atoms with Crippen molar-refractivity contribution in [3.05, 3.63) is 0 Å². The molecular formula is C12H26N2. The van der Waals surface area contributed by atoms with E-state index < -0.39 is 0 Å². The number of hydrogen-bond acceptors (Lipinski definition) is 2. The molecule has 0 bridgehead atoms. The molecule has 0 aromatic carbocycles. The van der Waals surface area contributed by atoms with Gasteiger partial charge in [-0.3, -0.25) is 4.90 Å². The van der Waals surface area contributed by atoms with Gasteiger partial charge in [0, 0.05) is 18.6 Å². The van der Waals surface area contributed by atoms with Crippen molar-refractivity contribution in [2.75, 3.05) is 19.6 Å². The van der Waals surface area contributed by atoms with Crippen molar-refractivity contribution in [3.8, 4) is 0 Å². The van der Waals surface area contributed by atoms with Gasteiger partial charge in [-0.2, -0.15) is 0 Å². The Hall–Kier alpha value is -0.0800. The Morgan fingerprint density at radius 1 is 1.43 bits per heavy atom. The maximum absolute atomic E-state index is 3.47. The predicted octanol–water partition coefficient (Wildman–Crippen LogP) is 2.25. The second-order valence-electron chi connectivity index (χ2n) is 4.50. The molecule has 0 aromatic heterocycles. The summed E-state index contributed by atoms with van der Waals surface area (Å²) in [5.74, 6) is 0. The monoisotopic (exact) mass is 198 g/mol. The van der Waals surface area contributed by atoms with Crippen molar-refractivity contribution in [2.24, 2.45) is 0 Å².